The number of hydrogen-bond donors (Lipinski definition) is 1. The number of carbonyl (C=O) groups excluding carboxylic acids is 1. The maximum atomic E-state index is 12.3. The first-order valence-electron chi connectivity index (χ1n) is 8.37. The molecular formula is C19H24O2. The van der Waals surface area contributed by atoms with Crippen LogP contribution < -0.4 is 0 Å². The summed E-state index contributed by atoms with van der Waals surface area (Å²) in [6, 6.07) is 5.93. The number of Topliss-reactive ketones (excluding diaryl/α,β-unsaturated/α-hetero) is 1. The molecule has 4 rings (SSSR count). The van der Waals surface area contributed by atoms with Gasteiger partial charge < -0.3 is 5.11 Å². The van der Waals surface area contributed by atoms with Gasteiger partial charge in [-0.3, -0.25) is 4.79 Å². The van der Waals surface area contributed by atoms with Gasteiger partial charge in [0.2, 0.25) is 0 Å². The van der Waals surface area contributed by atoms with E-state index in [-0.39, 0.29) is 5.41 Å². The molecule has 0 spiro atoms. The lowest BCUT2D eigenvalue weighted by Crippen LogP contribution is -2.42. The van der Waals surface area contributed by atoms with Gasteiger partial charge in [-0.25, -0.2) is 0 Å². The van der Waals surface area contributed by atoms with Gasteiger partial charge in [-0.2, -0.15) is 0 Å². The molecule has 1 unspecified atom stereocenters. The normalized spacial score (nSPS) is 41.3. The van der Waals surface area contributed by atoms with Crippen LogP contribution in [0.3, 0.4) is 0 Å². The van der Waals surface area contributed by atoms with Crippen LogP contribution in [-0.4, -0.2) is 10.9 Å². The highest BCUT2D eigenvalue weighted by Gasteiger charge is 2.55. The third-order valence-corrected chi connectivity index (χ3v) is 6.77. The number of hydrogen-bond acceptors (Lipinski definition) is 2. The van der Waals surface area contributed by atoms with Gasteiger partial charge in [-0.1, -0.05) is 19.9 Å². The average Bonchev–Trinajstić information content (AvgIpc) is 2.76. The molecule has 2 fully saturated rings. The molecule has 0 aliphatic heterocycles. The van der Waals surface area contributed by atoms with Crippen molar-refractivity contribution in [3.05, 3.63) is 29.3 Å². The zero-order valence-electron chi connectivity index (χ0n) is 12.9. The smallest absolute Gasteiger partial charge is 0.139 e. The van der Waals surface area contributed by atoms with Gasteiger partial charge >= 0.3 is 0 Å². The molecule has 1 N–H and O–H groups in total. The molecule has 0 radical (unpaired) electrons. The third-order valence-electron chi connectivity index (χ3n) is 6.77. The quantitative estimate of drug-likeness (QED) is 0.767. The molecule has 0 amide bonds. The van der Waals surface area contributed by atoms with E-state index in [0.717, 1.165) is 25.7 Å². The molecular weight excluding hydrogens is 260 g/mol. The molecule has 3 aliphatic carbocycles. The number of rotatable bonds is 0. The molecule has 2 nitrogen and oxygen atoms in total. The number of ketones is 1. The molecule has 1 aromatic carbocycles. The number of aromatic hydroxyl groups is 1. The molecule has 112 valence electrons. The van der Waals surface area contributed by atoms with Crippen molar-refractivity contribution >= 4 is 5.78 Å². The van der Waals surface area contributed by atoms with Gasteiger partial charge in [0, 0.05) is 11.8 Å². The van der Waals surface area contributed by atoms with E-state index in [0.29, 0.717) is 35.2 Å². The first-order chi connectivity index (χ1) is 10.0. The van der Waals surface area contributed by atoms with Crippen LogP contribution in [0.25, 0.3) is 0 Å². The highest BCUT2D eigenvalue weighted by atomic mass is 16.3. The minimum atomic E-state index is -0.0463. The lowest BCUT2D eigenvalue weighted by Gasteiger charge is -2.49. The predicted octanol–water partition coefficient (Wildman–Crippen LogP) is 4.38. The molecule has 2 saturated carbocycles. The zero-order chi connectivity index (χ0) is 14.8. The standard InChI is InChI=1S/C19H24O2/c1-11-9-16-14(13-4-3-12(20)10-15(11)13)7-8-19(2)17(16)5-6-18(19)21/h3-4,10-11,14,16-17,20H,5-9H2,1-2H3/t11?,14-,16-,17+,19+/m1/s1. The molecule has 21 heavy (non-hydrogen) atoms. The van der Waals surface area contributed by atoms with Crippen molar-refractivity contribution in [2.24, 2.45) is 17.3 Å². The summed E-state index contributed by atoms with van der Waals surface area (Å²) in [7, 11) is 0. The largest absolute Gasteiger partial charge is 0.508 e. The van der Waals surface area contributed by atoms with Crippen LogP contribution in [0.2, 0.25) is 0 Å². The molecule has 0 bridgehead atoms. The monoisotopic (exact) mass is 284 g/mol. The summed E-state index contributed by atoms with van der Waals surface area (Å²) in [5, 5.41) is 9.78. The predicted molar refractivity (Wildman–Crippen MR) is 82.4 cm³/mol. The third kappa shape index (κ3) is 1.74. The topological polar surface area (TPSA) is 37.3 Å². The van der Waals surface area contributed by atoms with Crippen LogP contribution in [0.5, 0.6) is 5.75 Å². The fourth-order valence-electron chi connectivity index (χ4n) is 5.64. The van der Waals surface area contributed by atoms with Crippen LogP contribution in [-0.2, 0) is 4.79 Å². The van der Waals surface area contributed by atoms with Crippen molar-refractivity contribution in [3.8, 4) is 5.75 Å². The summed E-state index contributed by atoms with van der Waals surface area (Å²) < 4.78 is 0. The molecule has 0 aromatic heterocycles. The van der Waals surface area contributed by atoms with Crippen LogP contribution in [0, 0.1) is 17.3 Å². The Morgan fingerprint density at radius 2 is 2.05 bits per heavy atom. The Kier molecular flexibility index (Phi) is 2.76. The van der Waals surface area contributed by atoms with E-state index in [4.69, 9.17) is 0 Å². The van der Waals surface area contributed by atoms with Gasteiger partial charge in [0.25, 0.3) is 0 Å². The average molecular weight is 284 g/mol. The molecule has 3 aliphatic rings. The van der Waals surface area contributed by atoms with E-state index in [1.807, 2.05) is 12.1 Å². The summed E-state index contributed by atoms with van der Waals surface area (Å²) in [6.07, 6.45) is 5.24. The van der Waals surface area contributed by atoms with Crippen molar-refractivity contribution < 1.29 is 9.90 Å². The Labute approximate surface area is 126 Å². The van der Waals surface area contributed by atoms with E-state index in [2.05, 4.69) is 19.9 Å². The summed E-state index contributed by atoms with van der Waals surface area (Å²) in [4.78, 5) is 12.3. The van der Waals surface area contributed by atoms with Crippen molar-refractivity contribution in [3.63, 3.8) is 0 Å². The van der Waals surface area contributed by atoms with E-state index in [9.17, 15) is 9.90 Å². The van der Waals surface area contributed by atoms with Gasteiger partial charge in [0.15, 0.2) is 0 Å². The SMILES string of the molecule is CC1C[C@@H]2[C@H](CC[C@]3(C)C(=O)CC[C@@H]23)c2ccc(O)cc21. The lowest BCUT2D eigenvalue weighted by molar-refractivity contribution is -0.129. The fourth-order valence-corrected chi connectivity index (χ4v) is 5.64. The van der Waals surface area contributed by atoms with Crippen molar-refractivity contribution in [1.82, 2.24) is 0 Å². The Morgan fingerprint density at radius 3 is 2.86 bits per heavy atom. The maximum Gasteiger partial charge on any atom is 0.139 e. The second kappa shape index (κ2) is 4.34. The lowest BCUT2D eigenvalue weighted by atomic mass is 9.54. The Morgan fingerprint density at radius 1 is 1.24 bits per heavy atom. The first-order valence-corrected chi connectivity index (χ1v) is 8.37. The van der Waals surface area contributed by atoms with E-state index < -0.39 is 0 Å². The second-order valence-corrected chi connectivity index (χ2v) is 7.74. The Hall–Kier alpha value is -1.31. The number of fused-ring (bicyclic) bond motifs is 5. The molecule has 2 heteroatoms. The molecule has 5 atom stereocenters. The van der Waals surface area contributed by atoms with Crippen LogP contribution >= 0.6 is 0 Å². The second-order valence-electron chi connectivity index (χ2n) is 7.74. The highest BCUT2D eigenvalue weighted by molar-refractivity contribution is 5.87. The minimum Gasteiger partial charge on any atom is -0.508 e. The van der Waals surface area contributed by atoms with Crippen molar-refractivity contribution in [1.29, 1.82) is 0 Å². The summed E-state index contributed by atoms with van der Waals surface area (Å²) in [6.45, 7) is 4.50. The Bertz CT molecular complexity index is 606. The minimum absolute atomic E-state index is 0.0463. The van der Waals surface area contributed by atoms with Gasteiger partial charge in [-0.15, -0.1) is 0 Å². The summed E-state index contributed by atoms with van der Waals surface area (Å²) >= 11 is 0. The number of phenols is 1. The molecule has 0 heterocycles. The number of carbonyl (C=O) groups is 1. The summed E-state index contributed by atoms with van der Waals surface area (Å²) in [5.74, 6) is 3.22. The zero-order valence-corrected chi connectivity index (χ0v) is 12.9. The first kappa shape index (κ1) is 13.4. The van der Waals surface area contributed by atoms with Crippen LogP contribution in [0.4, 0.5) is 0 Å². The van der Waals surface area contributed by atoms with E-state index in [1.54, 1.807) is 0 Å². The van der Waals surface area contributed by atoms with Crippen LogP contribution in [0.15, 0.2) is 18.2 Å². The van der Waals surface area contributed by atoms with Crippen molar-refractivity contribution in [2.45, 2.75) is 57.8 Å². The molecule has 1 aromatic rings. The molecule has 0 saturated heterocycles. The number of benzene rings is 1. The van der Waals surface area contributed by atoms with Crippen LogP contribution in [0.1, 0.15) is 68.9 Å². The van der Waals surface area contributed by atoms with E-state index in [1.165, 1.54) is 17.5 Å². The highest BCUT2D eigenvalue weighted by Crippen LogP contribution is 2.61. The summed E-state index contributed by atoms with van der Waals surface area (Å²) in [5.41, 5.74) is 2.73. The van der Waals surface area contributed by atoms with Gasteiger partial charge in [-0.05, 0) is 72.6 Å². The maximum absolute atomic E-state index is 12.3. The van der Waals surface area contributed by atoms with Gasteiger partial charge in [0.1, 0.15) is 11.5 Å². The van der Waals surface area contributed by atoms with Gasteiger partial charge in [0.05, 0.1) is 0 Å². The Balaban J connectivity index is 1.77. The fraction of sp³-hybridized carbons (Fsp3) is 0.632. The number of phenolic OH excluding ortho intramolecular Hbond substituents is 1. The van der Waals surface area contributed by atoms with E-state index >= 15 is 0 Å². The van der Waals surface area contributed by atoms with Crippen molar-refractivity contribution in [2.75, 3.05) is 0 Å².